The maximum atomic E-state index is 12.5. The summed E-state index contributed by atoms with van der Waals surface area (Å²) in [4.78, 5) is 36.1. The molecule has 0 saturated heterocycles. The third-order valence-electron chi connectivity index (χ3n) is 6.89. The molecular formula is C27H32N2O5. The van der Waals surface area contributed by atoms with Gasteiger partial charge in [0.25, 0.3) is 0 Å². The number of carbonyl (C=O) groups excluding carboxylic acids is 2. The van der Waals surface area contributed by atoms with Crippen LogP contribution in [-0.4, -0.2) is 41.8 Å². The molecular weight excluding hydrogens is 432 g/mol. The van der Waals surface area contributed by atoms with E-state index < -0.39 is 18.1 Å². The fraction of sp³-hybridized carbons (Fsp3) is 0.444. The van der Waals surface area contributed by atoms with Crippen molar-refractivity contribution in [2.45, 2.75) is 63.5 Å². The summed E-state index contributed by atoms with van der Waals surface area (Å²) in [5, 5.41) is 14.8. The molecule has 0 bridgehead atoms. The molecule has 2 aromatic rings. The van der Waals surface area contributed by atoms with E-state index in [9.17, 15) is 19.5 Å². The first kappa shape index (κ1) is 23.8. The van der Waals surface area contributed by atoms with Gasteiger partial charge in [-0.15, -0.1) is 0 Å². The first-order valence-corrected chi connectivity index (χ1v) is 12.1. The molecule has 2 amide bonds. The third kappa shape index (κ3) is 5.41. The summed E-state index contributed by atoms with van der Waals surface area (Å²) in [7, 11) is 0. The molecule has 2 unspecified atom stereocenters. The number of hydrogen-bond acceptors (Lipinski definition) is 4. The zero-order valence-electron chi connectivity index (χ0n) is 19.5. The number of alkyl carbamates (subject to hydrolysis) is 1. The molecule has 0 spiro atoms. The Labute approximate surface area is 199 Å². The SMILES string of the molecule is CCC[C@@H](NC(=O)CC1CCC(NC(=O)OCC2c3ccccc3-c3ccccc32)C1)C(=O)O. The van der Waals surface area contributed by atoms with E-state index >= 15 is 0 Å². The van der Waals surface area contributed by atoms with Crippen LogP contribution in [0.4, 0.5) is 4.79 Å². The predicted octanol–water partition coefficient (Wildman–Crippen LogP) is 4.45. The molecule has 3 N–H and O–H groups in total. The van der Waals surface area contributed by atoms with Crippen molar-refractivity contribution in [2.24, 2.45) is 5.92 Å². The van der Waals surface area contributed by atoms with Crippen molar-refractivity contribution >= 4 is 18.0 Å². The van der Waals surface area contributed by atoms with Gasteiger partial charge in [0.2, 0.25) is 5.91 Å². The Balaban J connectivity index is 1.25. The van der Waals surface area contributed by atoms with Gasteiger partial charge in [0.1, 0.15) is 12.6 Å². The van der Waals surface area contributed by atoms with Crippen LogP contribution in [0.15, 0.2) is 48.5 Å². The minimum Gasteiger partial charge on any atom is -0.480 e. The second kappa shape index (κ2) is 10.7. The molecule has 1 saturated carbocycles. The van der Waals surface area contributed by atoms with Gasteiger partial charge in [-0.05, 0) is 53.9 Å². The van der Waals surface area contributed by atoms with Crippen molar-refractivity contribution in [2.75, 3.05) is 6.61 Å². The molecule has 7 heteroatoms. The van der Waals surface area contributed by atoms with Gasteiger partial charge >= 0.3 is 12.1 Å². The molecule has 180 valence electrons. The molecule has 2 aliphatic rings. The van der Waals surface area contributed by atoms with Gasteiger partial charge in [0, 0.05) is 18.4 Å². The number of fused-ring (bicyclic) bond motifs is 3. The Kier molecular flexibility index (Phi) is 7.50. The van der Waals surface area contributed by atoms with Crippen molar-refractivity contribution < 1.29 is 24.2 Å². The van der Waals surface area contributed by atoms with Crippen LogP contribution in [0.5, 0.6) is 0 Å². The number of hydrogen-bond donors (Lipinski definition) is 3. The maximum absolute atomic E-state index is 12.5. The standard InChI is InChI=1S/C27H32N2O5/c1-2-7-24(26(31)32)29-25(30)15-17-12-13-18(14-17)28-27(33)34-16-23-21-10-5-3-8-19(21)20-9-4-6-11-22(20)23/h3-6,8-11,17-18,23-24H,2,7,12-16H2,1H3,(H,28,33)(H,29,30)(H,31,32)/t17?,18?,24-/m1/s1. The molecule has 2 aliphatic carbocycles. The third-order valence-corrected chi connectivity index (χ3v) is 6.89. The van der Waals surface area contributed by atoms with Crippen LogP contribution in [0.3, 0.4) is 0 Å². The van der Waals surface area contributed by atoms with E-state index in [1.165, 1.54) is 22.3 Å². The Morgan fingerprint density at radius 1 is 1.03 bits per heavy atom. The van der Waals surface area contributed by atoms with Crippen molar-refractivity contribution in [3.8, 4) is 11.1 Å². The molecule has 4 rings (SSSR count). The van der Waals surface area contributed by atoms with Gasteiger partial charge in [-0.25, -0.2) is 9.59 Å². The second-order valence-corrected chi connectivity index (χ2v) is 9.30. The van der Waals surface area contributed by atoms with Crippen LogP contribution in [-0.2, 0) is 14.3 Å². The fourth-order valence-electron chi connectivity index (χ4n) is 5.26. The lowest BCUT2D eigenvalue weighted by atomic mass is 9.98. The Bertz CT molecular complexity index is 1010. The van der Waals surface area contributed by atoms with E-state index in [0.29, 0.717) is 19.3 Å². The summed E-state index contributed by atoms with van der Waals surface area (Å²) in [6.07, 6.45) is 3.21. The fourth-order valence-corrected chi connectivity index (χ4v) is 5.26. The summed E-state index contributed by atoms with van der Waals surface area (Å²) < 4.78 is 5.63. The highest BCUT2D eigenvalue weighted by Crippen LogP contribution is 2.44. The molecule has 0 aromatic heterocycles. The monoisotopic (exact) mass is 464 g/mol. The van der Waals surface area contributed by atoms with Crippen molar-refractivity contribution in [3.63, 3.8) is 0 Å². The van der Waals surface area contributed by atoms with Crippen LogP contribution in [0, 0.1) is 5.92 Å². The number of benzene rings is 2. The number of amides is 2. The summed E-state index contributed by atoms with van der Waals surface area (Å²) >= 11 is 0. The summed E-state index contributed by atoms with van der Waals surface area (Å²) in [5.41, 5.74) is 4.72. The quantitative estimate of drug-likeness (QED) is 0.508. The Morgan fingerprint density at radius 2 is 1.68 bits per heavy atom. The lowest BCUT2D eigenvalue weighted by Gasteiger charge is -2.17. The molecule has 7 nitrogen and oxygen atoms in total. The van der Waals surface area contributed by atoms with Gasteiger partial charge in [-0.2, -0.15) is 0 Å². The highest BCUT2D eigenvalue weighted by Gasteiger charge is 2.31. The molecule has 0 aliphatic heterocycles. The lowest BCUT2D eigenvalue weighted by Crippen LogP contribution is -2.41. The van der Waals surface area contributed by atoms with Crippen molar-refractivity contribution in [1.82, 2.24) is 10.6 Å². The minimum atomic E-state index is -1.00. The Morgan fingerprint density at radius 3 is 2.29 bits per heavy atom. The second-order valence-electron chi connectivity index (χ2n) is 9.30. The number of carbonyl (C=O) groups is 3. The molecule has 0 radical (unpaired) electrons. The number of rotatable bonds is 9. The molecule has 0 heterocycles. The zero-order chi connectivity index (χ0) is 24.1. The van der Waals surface area contributed by atoms with E-state index in [-0.39, 0.29) is 36.8 Å². The number of ether oxygens (including phenoxy) is 1. The van der Waals surface area contributed by atoms with Crippen LogP contribution >= 0.6 is 0 Å². The number of aliphatic carboxylic acids is 1. The molecule has 1 fully saturated rings. The number of nitrogens with one attached hydrogen (secondary N) is 2. The summed E-state index contributed by atoms with van der Waals surface area (Å²) in [5.74, 6) is -1.11. The molecule has 2 aromatic carbocycles. The highest BCUT2D eigenvalue weighted by atomic mass is 16.5. The molecule has 3 atom stereocenters. The summed E-state index contributed by atoms with van der Waals surface area (Å²) in [6, 6.07) is 15.6. The van der Waals surface area contributed by atoms with Gasteiger partial charge < -0.3 is 20.5 Å². The van der Waals surface area contributed by atoms with Crippen LogP contribution in [0.1, 0.15) is 62.5 Å². The largest absolute Gasteiger partial charge is 0.480 e. The normalized spacial score (nSPS) is 19.7. The van der Waals surface area contributed by atoms with Gasteiger partial charge in [0.15, 0.2) is 0 Å². The number of carboxylic acid groups (broad SMARTS) is 1. The smallest absolute Gasteiger partial charge is 0.407 e. The number of carboxylic acids is 1. The predicted molar refractivity (Wildman–Crippen MR) is 128 cm³/mol. The lowest BCUT2D eigenvalue weighted by molar-refractivity contribution is -0.142. The zero-order valence-corrected chi connectivity index (χ0v) is 19.5. The maximum Gasteiger partial charge on any atom is 0.407 e. The minimum absolute atomic E-state index is 0.0171. The van der Waals surface area contributed by atoms with Crippen molar-refractivity contribution in [3.05, 3.63) is 59.7 Å². The topological polar surface area (TPSA) is 105 Å². The van der Waals surface area contributed by atoms with Gasteiger partial charge in [0.05, 0.1) is 0 Å². The first-order valence-electron chi connectivity index (χ1n) is 12.1. The van der Waals surface area contributed by atoms with E-state index in [0.717, 1.165) is 12.8 Å². The average molecular weight is 465 g/mol. The Hall–Kier alpha value is -3.35. The molecule has 34 heavy (non-hydrogen) atoms. The van der Waals surface area contributed by atoms with Gasteiger partial charge in [-0.1, -0.05) is 61.9 Å². The summed E-state index contributed by atoms with van der Waals surface area (Å²) in [6.45, 7) is 2.16. The van der Waals surface area contributed by atoms with E-state index in [2.05, 4.69) is 34.9 Å². The van der Waals surface area contributed by atoms with E-state index in [1.807, 2.05) is 31.2 Å². The first-order chi connectivity index (χ1) is 16.5. The van der Waals surface area contributed by atoms with Crippen LogP contribution < -0.4 is 10.6 Å². The average Bonchev–Trinajstić information content (AvgIpc) is 3.39. The van der Waals surface area contributed by atoms with Crippen molar-refractivity contribution in [1.29, 1.82) is 0 Å². The van der Waals surface area contributed by atoms with E-state index in [1.54, 1.807) is 0 Å². The van der Waals surface area contributed by atoms with E-state index in [4.69, 9.17) is 4.74 Å². The highest BCUT2D eigenvalue weighted by molar-refractivity contribution is 5.83. The van der Waals surface area contributed by atoms with Crippen LogP contribution in [0.2, 0.25) is 0 Å². The van der Waals surface area contributed by atoms with Crippen LogP contribution in [0.25, 0.3) is 11.1 Å². The van der Waals surface area contributed by atoms with Gasteiger partial charge in [-0.3, -0.25) is 4.79 Å².